The van der Waals surface area contributed by atoms with Gasteiger partial charge in [-0.2, -0.15) is 0 Å². The van der Waals surface area contributed by atoms with Crippen LogP contribution in [0.15, 0.2) is 0 Å². The minimum atomic E-state index is 0.678. The predicted octanol–water partition coefficient (Wildman–Crippen LogP) is 4.29. The first-order valence-electron chi connectivity index (χ1n) is 6.79. The lowest BCUT2D eigenvalue weighted by atomic mass is 10.1. The van der Waals surface area contributed by atoms with E-state index >= 15 is 0 Å². The average molecular weight is 252 g/mol. The molecule has 1 saturated carbocycles. The number of anilines is 1. The maximum absolute atomic E-state index is 4.80. The average Bonchev–Trinajstić information content (AvgIpc) is 2.98. The van der Waals surface area contributed by atoms with Crippen LogP contribution in [-0.4, -0.2) is 11.5 Å². The molecule has 3 heteroatoms. The normalized spacial score (nSPS) is 15.9. The Hall–Kier alpha value is -0.570. The summed E-state index contributed by atoms with van der Waals surface area (Å²) in [6, 6.07) is 0. The fourth-order valence-corrected chi connectivity index (χ4v) is 3.19. The lowest BCUT2D eigenvalue weighted by molar-refractivity contribution is 0.648. The maximum atomic E-state index is 4.80. The fraction of sp³-hybridized carbons (Fsp3) is 0.786. The number of hydrogen-bond acceptors (Lipinski definition) is 3. The second kappa shape index (κ2) is 5.38. The van der Waals surface area contributed by atoms with E-state index in [1.54, 1.807) is 0 Å². The van der Waals surface area contributed by atoms with Crippen LogP contribution in [0.1, 0.15) is 57.0 Å². The van der Waals surface area contributed by atoms with Crippen molar-refractivity contribution in [2.75, 3.05) is 11.9 Å². The summed E-state index contributed by atoms with van der Waals surface area (Å²) in [6.45, 7) is 10.1. The zero-order chi connectivity index (χ0) is 12.4. The van der Waals surface area contributed by atoms with Crippen molar-refractivity contribution < 1.29 is 0 Å². The lowest BCUT2D eigenvalue weighted by Gasteiger charge is -2.04. The molecule has 0 aliphatic heterocycles. The van der Waals surface area contributed by atoms with Gasteiger partial charge < -0.3 is 5.32 Å². The van der Waals surface area contributed by atoms with Gasteiger partial charge in [0.1, 0.15) is 0 Å². The molecule has 1 aliphatic carbocycles. The summed E-state index contributed by atoms with van der Waals surface area (Å²) in [5.74, 6) is 2.18. The molecular formula is C14H24N2S. The van der Waals surface area contributed by atoms with Crippen molar-refractivity contribution in [2.45, 2.75) is 52.9 Å². The Morgan fingerprint density at radius 1 is 1.24 bits per heavy atom. The minimum Gasteiger partial charge on any atom is -0.361 e. The summed E-state index contributed by atoms with van der Waals surface area (Å²) in [5.41, 5.74) is 1.40. The monoisotopic (exact) mass is 252 g/mol. The van der Waals surface area contributed by atoms with Crippen molar-refractivity contribution in [1.29, 1.82) is 0 Å². The molecule has 0 spiro atoms. The van der Waals surface area contributed by atoms with E-state index in [9.17, 15) is 0 Å². The van der Waals surface area contributed by atoms with E-state index in [1.807, 2.05) is 11.3 Å². The first-order chi connectivity index (χ1) is 8.06. The molecule has 0 aromatic carbocycles. The van der Waals surface area contributed by atoms with Gasteiger partial charge in [0.05, 0.1) is 5.69 Å². The van der Waals surface area contributed by atoms with Gasteiger partial charge in [0.2, 0.25) is 0 Å². The zero-order valence-electron chi connectivity index (χ0n) is 11.4. The van der Waals surface area contributed by atoms with Crippen molar-refractivity contribution in [3.8, 4) is 0 Å². The van der Waals surface area contributed by atoms with Gasteiger partial charge in [-0.1, -0.05) is 27.7 Å². The second-order valence-corrected chi connectivity index (χ2v) is 7.06. The molecule has 1 N–H and O–H groups in total. The molecule has 0 radical (unpaired) electrons. The highest BCUT2D eigenvalue weighted by Crippen LogP contribution is 2.44. The highest BCUT2D eigenvalue weighted by molar-refractivity contribution is 7.15. The van der Waals surface area contributed by atoms with Crippen LogP contribution in [0.4, 0.5) is 5.13 Å². The Balaban J connectivity index is 2.07. The van der Waals surface area contributed by atoms with E-state index in [0.717, 1.165) is 23.5 Å². The summed E-state index contributed by atoms with van der Waals surface area (Å²) < 4.78 is 0. The number of hydrogen-bond donors (Lipinski definition) is 1. The maximum Gasteiger partial charge on any atom is 0.183 e. The summed E-state index contributed by atoms with van der Waals surface area (Å²) in [4.78, 5) is 6.33. The van der Waals surface area contributed by atoms with E-state index in [1.165, 1.54) is 29.8 Å². The standard InChI is InChI=1S/C14H24N2S/c1-9(2)7-12-13(11-5-6-11)16-14(17-12)15-8-10(3)4/h9-11H,5-8H2,1-4H3,(H,15,16). The van der Waals surface area contributed by atoms with E-state index in [-0.39, 0.29) is 0 Å². The minimum absolute atomic E-state index is 0.678. The molecule has 2 nitrogen and oxygen atoms in total. The molecule has 0 bridgehead atoms. The fourth-order valence-electron chi connectivity index (χ4n) is 1.92. The van der Waals surface area contributed by atoms with Crippen molar-refractivity contribution in [3.63, 3.8) is 0 Å². The SMILES string of the molecule is CC(C)CNc1nc(C2CC2)c(CC(C)C)s1. The third-order valence-corrected chi connectivity index (χ3v) is 4.00. The van der Waals surface area contributed by atoms with Gasteiger partial charge in [0.15, 0.2) is 5.13 Å². The molecule has 1 aliphatic rings. The zero-order valence-corrected chi connectivity index (χ0v) is 12.2. The van der Waals surface area contributed by atoms with Crippen molar-refractivity contribution >= 4 is 16.5 Å². The predicted molar refractivity (Wildman–Crippen MR) is 76.0 cm³/mol. The van der Waals surface area contributed by atoms with Gasteiger partial charge >= 0.3 is 0 Å². The van der Waals surface area contributed by atoms with Crippen LogP contribution < -0.4 is 5.32 Å². The Kier molecular flexibility index (Phi) is 4.08. The molecule has 1 heterocycles. The quantitative estimate of drug-likeness (QED) is 0.817. The second-order valence-electron chi connectivity index (χ2n) is 5.97. The topological polar surface area (TPSA) is 24.9 Å². The van der Waals surface area contributed by atoms with Crippen LogP contribution in [0.3, 0.4) is 0 Å². The van der Waals surface area contributed by atoms with Crippen LogP contribution >= 0.6 is 11.3 Å². The Morgan fingerprint density at radius 2 is 1.94 bits per heavy atom. The molecule has 0 atom stereocenters. The van der Waals surface area contributed by atoms with E-state index < -0.39 is 0 Å². The lowest BCUT2D eigenvalue weighted by Crippen LogP contribution is -2.07. The Bertz CT molecular complexity index is 364. The number of nitrogens with one attached hydrogen (secondary N) is 1. The molecule has 0 amide bonds. The van der Waals surface area contributed by atoms with Gasteiger partial charge in [0.25, 0.3) is 0 Å². The summed E-state index contributed by atoms with van der Waals surface area (Å²) in [5, 5.41) is 4.60. The summed E-state index contributed by atoms with van der Waals surface area (Å²) >= 11 is 1.88. The number of aromatic nitrogens is 1. The Morgan fingerprint density at radius 3 is 2.47 bits per heavy atom. The van der Waals surface area contributed by atoms with Gasteiger partial charge in [0, 0.05) is 17.3 Å². The highest BCUT2D eigenvalue weighted by Gasteiger charge is 2.29. The number of rotatable bonds is 6. The van der Waals surface area contributed by atoms with E-state index in [4.69, 9.17) is 4.98 Å². The molecule has 0 saturated heterocycles. The van der Waals surface area contributed by atoms with Crippen LogP contribution in [0, 0.1) is 11.8 Å². The molecule has 0 unspecified atom stereocenters. The summed E-state index contributed by atoms with van der Waals surface area (Å²) in [7, 11) is 0. The first-order valence-corrected chi connectivity index (χ1v) is 7.61. The third kappa shape index (κ3) is 3.70. The van der Waals surface area contributed by atoms with Gasteiger partial charge in [-0.3, -0.25) is 0 Å². The molecule has 17 heavy (non-hydrogen) atoms. The van der Waals surface area contributed by atoms with Crippen LogP contribution in [-0.2, 0) is 6.42 Å². The van der Waals surface area contributed by atoms with E-state index in [0.29, 0.717) is 5.92 Å². The number of thiazole rings is 1. The molecule has 96 valence electrons. The summed E-state index contributed by atoms with van der Waals surface area (Å²) in [6.07, 6.45) is 3.88. The van der Waals surface area contributed by atoms with Gasteiger partial charge in [-0.25, -0.2) is 4.98 Å². The first kappa shape index (κ1) is 12.9. The smallest absolute Gasteiger partial charge is 0.183 e. The molecule has 2 rings (SSSR count). The van der Waals surface area contributed by atoms with Crippen LogP contribution in [0.25, 0.3) is 0 Å². The van der Waals surface area contributed by atoms with Gasteiger partial charge in [-0.15, -0.1) is 11.3 Å². The van der Waals surface area contributed by atoms with E-state index in [2.05, 4.69) is 33.0 Å². The van der Waals surface area contributed by atoms with Gasteiger partial charge in [-0.05, 0) is 31.1 Å². The molecular weight excluding hydrogens is 228 g/mol. The largest absolute Gasteiger partial charge is 0.361 e. The van der Waals surface area contributed by atoms with Crippen molar-refractivity contribution in [1.82, 2.24) is 4.98 Å². The van der Waals surface area contributed by atoms with Crippen LogP contribution in [0.5, 0.6) is 0 Å². The molecule has 1 fully saturated rings. The van der Waals surface area contributed by atoms with Crippen LogP contribution in [0.2, 0.25) is 0 Å². The third-order valence-electron chi connectivity index (χ3n) is 2.95. The molecule has 1 aromatic heterocycles. The Labute approximate surface area is 109 Å². The highest BCUT2D eigenvalue weighted by atomic mass is 32.1. The van der Waals surface area contributed by atoms with Crippen molar-refractivity contribution in [3.05, 3.63) is 10.6 Å². The number of nitrogens with zero attached hydrogens (tertiary/aromatic N) is 1. The molecule has 1 aromatic rings. The van der Waals surface area contributed by atoms with Crippen molar-refractivity contribution in [2.24, 2.45) is 11.8 Å².